The third kappa shape index (κ3) is 1.60. The molecule has 0 radical (unpaired) electrons. The number of hydrogen-bond acceptors (Lipinski definition) is 5. The van der Waals surface area contributed by atoms with E-state index in [2.05, 4.69) is 10.4 Å². The first-order chi connectivity index (χ1) is 8.29. The second-order valence-electron chi connectivity index (χ2n) is 3.72. The molecule has 4 nitrogen and oxygen atoms in total. The predicted molar refractivity (Wildman–Crippen MR) is 69.9 cm³/mol. The number of furan rings is 1. The van der Waals surface area contributed by atoms with E-state index >= 15 is 0 Å². The number of aromatic nitrogens is 1. The van der Waals surface area contributed by atoms with Crippen LogP contribution in [0.15, 0.2) is 34.9 Å². The van der Waals surface area contributed by atoms with E-state index in [1.807, 2.05) is 31.2 Å². The van der Waals surface area contributed by atoms with E-state index in [1.54, 1.807) is 6.26 Å². The highest BCUT2D eigenvalue weighted by molar-refractivity contribution is 7.19. The fourth-order valence-corrected chi connectivity index (χ4v) is 2.69. The van der Waals surface area contributed by atoms with Gasteiger partial charge in [0.15, 0.2) is 0 Å². The lowest BCUT2D eigenvalue weighted by Crippen LogP contribution is -2.05. The number of thiazole rings is 1. The van der Waals surface area contributed by atoms with Gasteiger partial charge in [-0.3, -0.25) is 0 Å². The van der Waals surface area contributed by atoms with Crippen molar-refractivity contribution < 1.29 is 4.42 Å². The first-order valence-corrected chi connectivity index (χ1v) is 6.02. The molecule has 86 valence electrons. The summed E-state index contributed by atoms with van der Waals surface area (Å²) >= 11 is 1.52. The number of fused-ring (bicyclic) bond motifs is 1. The highest BCUT2D eigenvalue weighted by atomic mass is 32.1. The zero-order valence-electron chi connectivity index (χ0n) is 9.23. The molecule has 0 unspecified atom stereocenters. The van der Waals surface area contributed by atoms with Crippen LogP contribution in [0.25, 0.3) is 21.5 Å². The molecule has 0 aliphatic heterocycles. The number of para-hydroxylation sites is 1. The summed E-state index contributed by atoms with van der Waals surface area (Å²) in [5, 5.41) is 2.87. The molecule has 17 heavy (non-hydrogen) atoms. The summed E-state index contributed by atoms with van der Waals surface area (Å²) in [6.45, 7) is 1.93. The van der Waals surface area contributed by atoms with Crippen molar-refractivity contribution in [2.24, 2.45) is 5.84 Å². The Balaban J connectivity index is 2.20. The average molecular weight is 245 g/mol. The predicted octanol–water partition coefficient (Wildman–Crippen LogP) is 3.15. The number of hydrogen-bond donors (Lipinski definition) is 2. The smallest absolute Gasteiger partial charge is 0.134 e. The first kappa shape index (κ1) is 10.3. The zero-order valence-corrected chi connectivity index (χ0v) is 10.0. The lowest BCUT2D eigenvalue weighted by molar-refractivity contribution is 0.617. The SMILES string of the molecule is Cc1nc(-c2coc3ccccc23)sc1NN. The Morgan fingerprint density at radius 2 is 2.18 bits per heavy atom. The average Bonchev–Trinajstić information content (AvgIpc) is 2.92. The van der Waals surface area contributed by atoms with Crippen molar-refractivity contribution in [3.63, 3.8) is 0 Å². The van der Waals surface area contributed by atoms with E-state index in [0.717, 1.165) is 32.2 Å². The van der Waals surface area contributed by atoms with Crippen molar-refractivity contribution in [1.29, 1.82) is 0 Å². The Bertz CT molecular complexity index is 671. The summed E-state index contributed by atoms with van der Waals surface area (Å²) in [7, 11) is 0. The van der Waals surface area contributed by atoms with Crippen LogP contribution in [-0.2, 0) is 0 Å². The van der Waals surface area contributed by atoms with Crippen LogP contribution in [0.4, 0.5) is 5.00 Å². The first-order valence-electron chi connectivity index (χ1n) is 5.20. The van der Waals surface area contributed by atoms with Crippen molar-refractivity contribution >= 4 is 27.3 Å². The van der Waals surface area contributed by atoms with Gasteiger partial charge in [0.05, 0.1) is 11.3 Å². The van der Waals surface area contributed by atoms with Crippen LogP contribution >= 0.6 is 11.3 Å². The van der Waals surface area contributed by atoms with Crippen LogP contribution < -0.4 is 11.3 Å². The van der Waals surface area contributed by atoms with E-state index in [-0.39, 0.29) is 0 Å². The molecule has 0 saturated heterocycles. The molecule has 0 aliphatic carbocycles. The molecule has 0 fully saturated rings. The van der Waals surface area contributed by atoms with Gasteiger partial charge in [0, 0.05) is 5.39 Å². The summed E-state index contributed by atoms with van der Waals surface area (Å²) in [6.07, 6.45) is 1.74. The van der Waals surface area contributed by atoms with Gasteiger partial charge in [-0.1, -0.05) is 29.5 Å². The number of nitrogens with one attached hydrogen (secondary N) is 1. The lowest BCUT2D eigenvalue weighted by atomic mass is 10.2. The molecule has 3 aromatic rings. The standard InChI is InChI=1S/C12H11N3OS/c1-7-11(15-13)17-12(14-7)9-6-16-10-5-3-2-4-8(9)10/h2-6,15H,13H2,1H3. The molecule has 2 heterocycles. The summed E-state index contributed by atoms with van der Waals surface area (Å²) in [5.74, 6) is 5.43. The molecule has 3 rings (SSSR count). The lowest BCUT2D eigenvalue weighted by Gasteiger charge is -1.91. The second-order valence-corrected chi connectivity index (χ2v) is 4.72. The quantitative estimate of drug-likeness (QED) is 0.537. The molecular formula is C12H11N3OS. The fourth-order valence-electron chi connectivity index (χ4n) is 1.79. The molecule has 0 aliphatic rings. The summed E-state index contributed by atoms with van der Waals surface area (Å²) in [6, 6.07) is 7.92. The highest BCUT2D eigenvalue weighted by Crippen LogP contribution is 2.36. The van der Waals surface area contributed by atoms with Gasteiger partial charge in [-0.15, -0.1) is 0 Å². The van der Waals surface area contributed by atoms with Gasteiger partial charge in [0.1, 0.15) is 21.9 Å². The van der Waals surface area contributed by atoms with E-state index in [0.29, 0.717) is 0 Å². The molecule has 0 amide bonds. The van der Waals surface area contributed by atoms with Crippen LogP contribution in [0.5, 0.6) is 0 Å². The van der Waals surface area contributed by atoms with Crippen LogP contribution in [0.1, 0.15) is 5.69 Å². The highest BCUT2D eigenvalue weighted by Gasteiger charge is 2.13. The molecular weight excluding hydrogens is 234 g/mol. The molecule has 0 bridgehead atoms. The maximum absolute atomic E-state index is 5.50. The van der Waals surface area contributed by atoms with E-state index in [1.165, 1.54) is 11.3 Å². The number of nitrogens with zero attached hydrogens (tertiary/aromatic N) is 1. The normalized spacial score (nSPS) is 10.9. The number of anilines is 1. The molecule has 3 N–H and O–H groups in total. The van der Waals surface area contributed by atoms with E-state index < -0.39 is 0 Å². The van der Waals surface area contributed by atoms with Crippen LogP contribution in [-0.4, -0.2) is 4.98 Å². The summed E-state index contributed by atoms with van der Waals surface area (Å²) in [4.78, 5) is 4.49. The fraction of sp³-hybridized carbons (Fsp3) is 0.0833. The van der Waals surface area contributed by atoms with Crippen LogP contribution in [0, 0.1) is 6.92 Å². The van der Waals surface area contributed by atoms with Gasteiger partial charge >= 0.3 is 0 Å². The summed E-state index contributed by atoms with van der Waals surface area (Å²) < 4.78 is 5.50. The summed E-state index contributed by atoms with van der Waals surface area (Å²) in [5.41, 5.74) is 5.43. The van der Waals surface area contributed by atoms with E-state index in [9.17, 15) is 0 Å². The number of rotatable bonds is 2. The van der Waals surface area contributed by atoms with Crippen molar-refractivity contribution in [2.45, 2.75) is 6.92 Å². The Morgan fingerprint density at radius 3 is 2.94 bits per heavy atom. The number of aryl methyl sites for hydroxylation is 1. The molecule has 0 spiro atoms. The van der Waals surface area contributed by atoms with Crippen molar-refractivity contribution in [3.05, 3.63) is 36.2 Å². The van der Waals surface area contributed by atoms with Crippen molar-refractivity contribution in [2.75, 3.05) is 5.43 Å². The third-order valence-corrected chi connectivity index (χ3v) is 3.76. The Hall–Kier alpha value is -1.85. The second kappa shape index (κ2) is 3.87. The molecule has 1 aromatic carbocycles. The molecule has 0 saturated carbocycles. The Kier molecular flexibility index (Phi) is 2.35. The number of nitrogens with two attached hydrogens (primary N) is 1. The van der Waals surface area contributed by atoms with Crippen molar-refractivity contribution in [3.8, 4) is 10.6 Å². The van der Waals surface area contributed by atoms with Gasteiger partial charge in [-0.05, 0) is 13.0 Å². The van der Waals surface area contributed by atoms with Crippen LogP contribution in [0.2, 0.25) is 0 Å². The van der Waals surface area contributed by atoms with Gasteiger partial charge in [0.25, 0.3) is 0 Å². The monoisotopic (exact) mass is 245 g/mol. The van der Waals surface area contributed by atoms with E-state index in [4.69, 9.17) is 10.3 Å². The number of nitrogen functional groups attached to an aromatic ring is 1. The zero-order chi connectivity index (χ0) is 11.8. The Morgan fingerprint density at radius 1 is 1.35 bits per heavy atom. The third-order valence-electron chi connectivity index (χ3n) is 2.64. The van der Waals surface area contributed by atoms with Gasteiger partial charge in [-0.2, -0.15) is 0 Å². The Labute approximate surface area is 102 Å². The number of benzene rings is 1. The maximum Gasteiger partial charge on any atom is 0.134 e. The number of hydrazine groups is 1. The van der Waals surface area contributed by atoms with Crippen LogP contribution in [0.3, 0.4) is 0 Å². The minimum atomic E-state index is 0.873. The van der Waals surface area contributed by atoms with Gasteiger partial charge in [-0.25, -0.2) is 10.8 Å². The largest absolute Gasteiger partial charge is 0.464 e. The minimum absolute atomic E-state index is 0.873. The van der Waals surface area contributed by atoms with Crippen molar-refractivity contribution in [1.82, 2.24) is 4.98 Å². The van der Waals surface area contributed by atoms with Gasteiger partial charge < -0.3 is 9.84 Å². The molecule has 2 aromatic heterocycles. The topological polar surface area (TPSA) is 64.1 Å². The molecule has 0 atom stereocenters. The minimum Gasteiger partial charge on any atom is -0.464 e. The van der Waals surface area contributed by atoms with Gasteiger partial charge in [0.2, 0.25) is 0 Å². The maximum atomic E-state index is 5.50. The molecule has 5 heteroatoms.